The second kappa shape index (κ2) is 4.73. The Kier molecular flexibility index (Phi) is 3.55. The van der Waals surface area contributed by atoms with Crippen molar-refractivity contribution in [3.8, 4) is 0 Å². The maximum absolute atomic E-state index is 13.1. The molecule has 19 heavy (non-hydrogen) atoms. The first-order valence-electron chi connectivity index (χ1n) is 5.54. The number of hydrogen-bond acceptors (Lipinski definition) is 2. The van der Waals surface area contributed by atoms with E-state index in [1.54, 1.807) is 17.5 Å². The van der Waals surface area contributed by atoms with Gasteiger partial charge in [0.05, 0.1) is 6.04 Å². The fourth-order valence-corrected chi connectivity index (χ4v) is 2.96. The smallest absolute Gasteiger partial charge is 0.329 e. The molecule has 106 valence electrons. The number of nitrogens with zero attached hydrogens (tertiary/aromatic N) is 1. The highest BCUT2D eigenvalue weighted by Crippen LogP contribution is 2.42. The van der Waals surface area contributed by atoms with Crippen LogP contribution in [0.3, 0.4) is 0 Å². The zero-order valence-corrected chi connectivity index (χ0v) is 10.4. The molecule has 1 fully saturated rings. The van der Waals surface area contributed by atoms with Crippen molar-refractivity contribution in [1.82, 2.24) is 4.90 Å². The second-order valence-electron chi connectivity index (χ2n) is 4.24. The minimum Gasteiger partial charge on any atom is -0.329 e. The number of rotatable bonds is 2. The van der Waals surface area contributed by atoms with E-state index in [1.165, 1.54) is 11.3 Å². The molecule has 0 saturated carbocycles. The fourth-order valence-electron chi connectivity index (χ4n) is 2.09. The Bertz CT molecular complexity index is 456. The van der Waals surface area contributed by atoms with Crippen LogP contribution in [-0.2, 0) is 4.79 Å². The first-order valence-corrected chi connectivity index (χ1v) is 6.42. The molecule has 2 heterocycles. The van der Waals surface area contributed by atoms with Gasteiger partial charge in [0.15, 0.2) is 0 Å². The van der Waals surface area contributed by atoms with Crippen molar-refractivity contribution in [2.45, 2.75) is 31.0 Å². The molecule has 2 nitrogen and oxygen atoms in total. The Hall–Kier alpha value is -1.18. The number of halogens is 5. The normalized spacial score (nSPS) is 20.9. The van der Waals surface area contributed by atoms with E-state index in [2.05, 4.69) is 0 Å². The van der Waals surface area contributed by atoms with Crippen molar-refractivity contribution in [2.75, 3.05) is 6.54 Å². The molecule has 1 aromatic heterocycles. The summed E-state index contributed by atoms with van der Waals surface area (Å²) >= 11 is 1.24. The van der Waals surface area contributed by atoms with Crippen LogP contribution in [0.4, 0.5) is 22.0 Å². The Labute approximate surface area is 109 Å². The van der Waals surface area contributed by atoms with Crippen LogP contribution in [0.25, 0.3) is 0 Å². The highest BCUT2D eigenvalue weighted by Gasteiger charge is 2.65. The van der Waals surface area contributed by atoms with Crippen molar-refractivity contribution in [3.05, 3.63) is 22.4 Å². The summed E-state index contributed by atoms with van der Waals surface area (Å²) in [7, 11) is 0. The van der Waals surface area contributed by atoms with E-state index >= 15 is 0 Å². The Morgan fingerprint density at radius 3 is 2.53 bits per heavy atom. The molecule has 0 aromatic carbocycles. The molecule has 1 atom stereocenters. The third kappa shape index (κ3) is 2.45. The molecule has 0 spiro atoms. The summed E-state index contributed by atoms with van der Waals surface area (Å²) in [6.45, 7) is -0.0763. The van der Waals surface area contributed by atoms with E-state index in [-0.39, 0.29) is 6.54 Å². The number of hydrogen-bond donors (Lipinski definition) is 0. The maximum atomic E-state index is 13.1. The van der Waals surface area contributed by atoms with Gasteiger partial charge in [-0.15, -0.1) is 11.3 Å². The van der Waals surface area contributed by atoms with Gasteiger partial charge < -0.3 is 4.90 Å². The van der Waals surface area contributed by atoms with Gasteiger partial charge in [-0.2, -0.15) is 22.0 Å². The first kappa shape index (κ1) is 14.2. The minimum absolute atomic E-state index is 0.0763. The summed E-state index contributed by atoms with van der Waals surface area (Å²) in [6.07, 6.45) is -5.03. The molecule has 0 N–H and O–H groups in total. The molecule has 0 radical (unpaired) electrons. The molecule has 1 unspecified atom stereocenters. The largest absolute Gasteiger partial charge is 0.463 e. The molecule has 1 aliphatic rings. The lowest BCUT2D eigenvalue weighted by atomic mass is 10.1. The zero-order valence-electron chi connectivity index (χ0n) is 9.58. The molecular formula is C11H10F5NOS. The number of carbonyl (C=O) groups is 1. The molecule has 1 aromatic rings. The summed E-state index contributed by atoms with van der Waals surface area (Å²) in [5.41, 5.74) is 0. The van der Waals surface area contributed by atoms with Crippen molar-refractivity contribution in [3.63, 3.8) is 0 Å². The third-order valence-corrected chi connectivity index (χ3v) is 3.98. The lowest BCUT2D eigenvalue weighted by Gasteiger charge is -2.28. The van der Waals surface area contributed by atoms with E-state index in [4.69, 9.17) is 0 Å². The number of likely N-dealkylation sites (tertiary alicyclic amines) is 1. The molecular weight excluding hydrogens is 289 g/mol. The SMILES string of the molecule is O=C(N1CCCC1c1cccs1)C(F)(F)C(F)(F)F. The molecule has 1 saturated heterocycles. The first-order chi connectivity index (χ1) is 8.75. The van der Waals surface area contributed by atoms with Gasteiger partial charge in [0.1, 0.15) is 0 Å². The Morgan fingerprint density at radius 1 is 1.32 bits per heavy atom. The van der Waals surface area contributed by atoms with Gasteiger partial charge in [-0.25, -0.2) is 0 Å². The molecule has 2 rings (SSSR count). The molecule has 0 aliphatic carbocycles. The zero-order chi connectivity index (χ0) is 14.3. The number of carbonyl (C=O) groups excluding carboxylic acids is 1. The summed E-state index contributed by atoms with van der Waals surface area (Å²) in [5, 5.41) is 1.69. The molecule has 1 aliphatic heterocycles. The Morgan fingerprint density at radius 2 is 2.00 bits per heavy atom. The van der Waals surface area contributed by atoms with Gasteiger partial charge in [0, 0.05) is 11.4 Å². The van der Waals surface area contributed by atoms with E-state index in [0.717, 1.165) is 0 Å². The van der Waals surface area contributed by atoms with Gasteiger partial charge in [-0.1, -0.05) is 6.07 Å². The molecule has 1 amide bonds. The maximum Gasteiger partial charge on any atom is 0.463 e. The van der Waals surface area contributed by atoms with E-state index in [1.807, 2.05) is 0 Å². The van der Waals surface area contributed by atoms with Crippen molar-refractivity contribution < 1.29 is 26.7 Å². The monoisotopic (exact) mass is 299 g/mol. The number of alkyl halides is 5. The van der Waals surface area contributed by atoms with E-state index in [9.17, 15) is 26.7 Å². The van der Waals surface area contributed by atoms with E-state index in [0.29, 0.717) is 22.6 Å². The van der Waals surface area contributed by atoms with Crippen molar-refractivity contribution in [2.24, 2.45) is 0 Å². The molecule has 8 heteroatoms. The lowest BCUT2D eigenvalue weighted by Crippen LogP contribution is -2.51. The van der Waals surface area contributed by atoms with Crippen LogP contribution in [0, 0.1) is 0 Å². The average Bonchev–Trinajstić information content (AvgIpc) is 2.96. The lowest BCUT2D eigenvalue weighted by molar-refractivity contribution is -0.274. The van der Waals surface area contributed by atoms with Crippen LogP contribution in [0.15, 0.2) is 17.5 Å². The predicted octanol–water partition coefficient (Wildman–Crippen LogP) is 3.61. The van der Waals surface area contributed by atoms with Crippen LogP contribution >= 0.6 is 11.3 Å². The van der Waals surface area contributed by atoms with Crippen LogP contribution in [0.2, 0.25) is 0 Å². The fraction of sp³-hybridized carbons (Fsp3) is 0.545. The second-order valence-corrected chi connectivity index (χ2v) is 5.22. The summed E-state index contributed by atoms with van der Waals surface area (Å²) < 4.78 is 62.8. The summed E-state index contributed by atoms with van der Waals surface area (Å²) in [6, 6.07) is 2.62. The van der Waals surface area contributed by atoms with Crippen molar-refractivity contribution in [1.29, 1.82) is 0 Å². The standard InChI is InChI=1S/C11H10F5NOS/c12-10(13,11(14,15)16)9(18)17-5-1-3-7(17)8-4-2-6-19-8/h2,4,6-7H,1,3,5H2. The number of thiophene rings is 1. The van der Waals surface area contributed by atoms with Crippen LogP contribution in [-0.4, -0.2) is 29.5 Å². The van der Waals surface area contributed by atoms with Gasteiger partial charge in [-0.05, 0) is 24.3 Å². The summed E-state index contributed by atoms with van der Waals surface area (Å²) in [4.78, 5) is 12.7. The van der Waals surface area contributed by atoms with Gasteiger partial charge in [-0.3, -0.25) is 4.79 Å². The van der Waals surface area contributed by atoms with E-state index < -0.39 is 24.0 Å². The highest BCUT2D eigenvalue weighted by molar-refractivity contribution is 7.10. The topological polar surface area (TPSA) is 20.3 Å². The molecule has 0 bridgehead atoms. The third-order valence-electron chi connectivity index (χ3n) is 3.01. The Balaban J connectivity index is 2.24. The van der Waals surface area contributed by atoms with Gasteiger partial charge in [0.25, 0.3) is 0 Å². The van der Waals surface area contributed by atoms with Crippen LogP contribution in [0.5, 0.6) is 0 Å². The van der Waals surface area contributed by atoms with Crippen LogP contribution < -0.4 is 0 Å². The van der Waals surface area contributed by atoms with Crippen molar-refractivity contribution >= 4 is 17.2 Å². The number of amides is 1. The summed E-state index contributed by atoms with van der Waals surface area (Å²) in [5.74, 6) is -7.48. The highest BCUT2D eigenvalue weighted by atomic mass is 32.1. The average molecular weight is 299 g/mol. The predicted molar refractivity (Wildman–Crippen MR) is 59.0 cm³/mol. The van der Waals surface area contributed by atoms with Gasteiger partial charge >= 0.3 is 18.0 Å². The quantitative estimate of drug-likeness (QED) is 0.764. The minimum atomic E-state index is -5.85. The van der Waals surface area contributed by atoms with Gasteiger partial charge in [0.2, 0.25) is 0 Å². The van der Waals surface area contributed by atoms with Crippen LogP contribution in [0.1, 0.15) is 23.8 Å².